The first kappa shape index (κ1) is 13.5. The van der Waals surface area contributed by atoms with Crippen LogP contribution >= 0.6 is 0 Å². The van der Waals surface area contributed by atoms with Crippen LogP contribution in [0.25, 0.3) is 0 Å². The maximum atomic E-state index is 13.0. The molecule has 1 aliphatic carbocycles. The van der Waals surface area contributed by atoms with E-state index in [2.05, 4.69) is 5.32 Å². The fourth-order valence-electron chi connectivity index (χ4n) is 3.20. The number of nitrogens with one attached hydrogen (secondary N) is 1. The van der Waals surface area contributed by atoms with E-state index in [1.54, 1.807) is 12.1 Å². The molecular formula is C16H24FN. The van der Waals surface area contributed by atoms with Gasteiger partial charge in [0.15, 0.2) is 0 Å². The zero-order valence-corrected chi connectivity index (χ0v) is 11.3. The van der Waals surface area contributed by atoms with Crippen LogP contribution in [0.1, 0.15) is 50.0 Å². The molecule has 1 unspecified atom stereocenters. The zero-order valence-electron chi connectivity index (χ0n) is 11.3. The van der Waals surface area contributed by atoms with Gasteiger partial charge >= 0.3 is 0 Å². The van der Waals surface area contributed by atoms with Crippen molar-refractivity contribution in [3.63, 3.8) is 0 Å². The van der Waals surface area contributed by atoms with Gasteiger partial charge < -0.3 is 5.32 Å². The maximum Gasteiger partial charge on any atom is 0.123 e. The zero-order chi connectivity index (χ0) is 12.8. The molecule has 0 aliphatic heterocycles. The molecular weight excluding hydrogens is 225 g/mol. The molecule has 1 aromatic rings. The molecule has 1 atom stereocenters. The molecule has 1 aliphatic rings. The third-order valence-electron chi connectivity index (χ3n) is 4.19. The Hall–Kier alpha value is -0.890. The third-order valence-corrected chi connectivity index (χ3v) is 4.19. The van der Waals surface area contributed by atoms with Crippen molar-refractivity contribution >= 4 is 0 Å². The van der Waals surface area contributed by atoms with Crippen molar-refractivity contribution in [1.82, 2.24) is 5.32 Å². The van der Waals surface area contributed by atoms with Crippen LogP contribution in [-0.2, 0) is 0 Å². The molecule has 1 N–H and O–H groups in total. The second-order valence-electron chi connectivity index (χ2n) is 5.47. The molecule has 0 spiro atoms. The minimum atomic E-state index is -0.136. The molecule has 1 nitrogen and oxygen atoms in total. The van der Waals surface area contributed by atoms with Crippen LogP contribution in [0.4, 0.5) is 4.39 Å². The van der Waals surface area contributed by atoms with Crippen LogP contribution in [0.2, 0.25) is 0 Å². The lowest BCUT2D eigenvalue weighted by Crippen LogP contribution is -2.24. The summed E-state index contributed by atoms with van der Waals surface area (Å²) in [5.41, 5.74) is 1.29. The number of halogens is 1. The standard InChI is InChI=1S/C16H24FN/c1-18-12-16(13-6-4-2-3-5-7-13)14-8-10-15(17)11-9-14/h8-11,13,16,18H,2-7,12H2,1H3. The third kappa shape index (κ3) is 3.55. The van der Waals surface area contributed by atoms with Crippen LogP contribution in [0, 0.1) is 11.7 Å². The van der Waals surface area contributed by atoms with Gasteiger partial charge in [-0.15, -0.1) is 0 Å². The Morgan fingerprint density at radius 2 is 1.72 bits per heavy atom. The van der Waals surface area contributed by atoms with Crippen LogP contribution in [0.3, 0.4) is 0 Å². The van der Waals surface area contributed by atoms with Crippen molar-refractivity contribution in [2.45, 2.75) is 44.4 Å². The first-order valence-electron chi connectivity index (χ1n) is 7.21. The Morgan fingerprint density at radius 1 is 1.11 bits per heavy atom. The summed E-state index contributed by atoms with van der Waals surface area (Å²) in [6.07, 6.45) is 8.12. The average Bonchev–Trinajstić information content (AvgIpc) is 2.66. The molecule has 1 aromatic carbocycles. The van der Waals surface area contributed by atoms with Crippen molar-refractivity contribution in [3.8, 4) is 0 Å². The van der Waals surface area contributed by atoms with Crippen molar-refractivity contribution in [1.29, 1.82) is 0 Å². The van der Waals surface area contributed by atoms with Gasteiger partial charge in [0.25, 0.3) is 0 Å². The fraction of sp³-hybridized carbons (Fsp3) is 0.625. The van der Waals surface area contributed by atoms with Crippen molar-refractivity contribution in [2.24, 2.45) is 5.92 Å². The van der Waals surface area contributed by atoms with Crippen LogP contribution < -0.4 is 5.32 Å². The summed E-state index contributed by atoms with van der Waals surface area (Å²) in [4.78, 5) is 0. The first-order chi connectivity index (χ1) is 8.81. The van der Waals surface area contributed by atoms with Gasteiger partial charge in [-0.3, -0.25) is 0 Å². The van der Waals surface area contributed by atoms with Gasteiger partial charge in [0, 0.05) is 6.54 Å². The average molecular weight is 249 g/mol. The number of hydrogen-bond acceptors (Lipinski definition) is 1. The number of benzene rings is 1. The molecule has 0 heterocycles. The quantitative estimate of drug-likeness (QED) is 0.792. The summed E-state index contributed by atoms with van der Waals surface area (Å²) < 4.78 is 13.0. The second-order valence-corrected chi connectivity index (χ2v) is 5.47. The normalized spacial score (nSPS) is 19.4. The van der Waals surface area contributed by atoms with E-state index in [9.17, 15) is 4.39 Å². The molecule has 0 amide bonds. The highest BCUT2D eigenvalue weighted by Gasteiger charge is 2.23. The highest BCUT2D eigenvalue weighted by atomic mass is 19.1. The summed E-state index contributed by atoms with van der Waals surface area (Å²) in [7, 11) is 2.01. The smallest absolute Gasteiger partial charge is 0.123 e. The predicted molar refractivity (Wildman–Crippen MR) is 74.3 cm³/mol. The Bertz CT molecular complexity index is 339. The van der Waals surface area contributed by atoms with E-state index in [-0.39, 0.29) is 5.82 Å². The van der Waals surface area contributed by atoms with Gasteiger partial charge in [0.1, 0.15) is 5.82 Å². The van der Waals surface area contributed by atoms with E-state index in [0.29, 0.717) is 5.92 Å². The number of rotatable bonds is 4. The van der Waals surface area contributed by atoms with Crippen LogP contribution in [0.5, 0.6) is 0 Å². The Kier molecular flexibility index (Phi) is 5.18. The van der Waals surface area contributed by atoms with Gasteiger partial charge in [-0.05, 0) is 49.4 Å². The summed E-state index contributed by atoms with van der Waals surface area (Å²) in [5.74, 6) is 1.15. The SMILES string of the molecule is CNCC(c1ccc(F)cc1)C1CCCCCC1. The van der Waals surface area contributed by atoms with Crippen molar-refractivity contribution < 1.29 is 4.39 Å². The molecule has 18 heavy (non-hydrogen) atoms. The summed E-state index contributed by atoms with van der Waals surface area (Å²) in [6.45, 7) is 0.996. The topological polar surface area (TPSA) is 12.0 Å². The Morgan fingerprint density at radius 3 is 2.28 bits per heavy atom. The molecule has 1 saturated carbocycles. The highest BCUT2D eigenvalue weighted by Crippen LogP contribution is 2.34. The lowest BCUT2D eigenvalue weighted by Gasteiger charge is -2.26. The Balaban J connectivity index is 2.12. The van der Waals surface area contributed by atoms with Crippen LogP contribution in [0.15, 0.2) is 24.3 Å². The molecule has 2 heteroatoms. The van der Waals surface area contributed by atoms with E-state index in [1.165, 1.54) is 44.1 Å². The summed E-state index contributed by atoms with van der Waals surface area (Å²) in [6, 6.07) is 7.11. The largest absolute Gasteiger partial charge is 0.319 e. The van der Waals surface area contributed by atoms with E-state index in [1.807, 2.05) is 19.2 Å². The maximum absolute atomic E-state index is 13.0. The van der Waals surface area contributed by atoms with E-state index in [0.717, 1.165) is 12.5 Å². The molecule has 0 aromatic heterocycles. The molecule has 100 valence electrons. The van der Waals surface area contributed by atoms with Crippen LogP contribution in [-0.4, -0.2) is 13.6 Å². The fourth-order valence-corrected chi connectivity index (χ4v) is 3.20. The van der Waals surface area contributed by atoms with Crippen molar-refractivity contribution in [3.05, 3.63) is 35.6 Å². The number of likely N-dealkylation sites (N-methyl/N-ethyl adjacent to an activating group) is 1. The second kappa shape index (κ2) is 6.89. The number of hydrogen-bond donors (Lipinski definition) is 1. The monoisotopic (exact) mass is 249 g/mol. The summed E-state index contributed by atoms with van der Waals surface area (Å²) in [5, 5.41) is 3.30. The molecule has 0 bridgehead atoms. The minimum Gasteiger partial charge on any atom is -0.319 e. The molecule has 1 fully saturated rings. The van der Waals surface area contributed by atoms with Gasteiger partial charge in [-0.1, -0.05) is 37.8 Å². The lowest BCUT2D eigenvalue weighted by atomic mass is 9.81. The molecule has 0 saturated heterocycles. The van der Waals surface area contributed by atoms with Gasteiger partial charge in [0.2, 0.25) is 0 Å². The first-order valence-corrected chi connectivity index (χ1v) is 7.21. The van der Waals surface area contributed by atoms with Crippen molar-refractivity contribution in [2.75, 3.05) is 13.6 Å². The minimum absolute atomic E-state index is 0.136. The van der Waals surface area contributed by atoms with Gasteiger partial charge in [0.05, 0.1) is 0 Å². The molecule has 2 rings (SSSR count). The van der Waals surface area contributed by atoms with Gasteiger partial charge in [-0.2, -0.15) is 0 Å². The van der Waals surface area contributed by atoms with E-state index in [4.69, 9.17) is 0 Å². The molecule has 0 radical (unpaired) electrons. The highest BCUT2D eigenvalue weighted by molar-refractivity contribution is 5.21. The van der Waals surface area contributed by atoms with Gasteiger partial charge in [-0.25, -0.2) is 4.39 Å². The van der Waals surface area contributed by atoms with E-state index >= 15 is 0 Å². The summed E-state index contributed by atoms with van der Waals surface area (Å²) >= 11 is 0. The van der Waals surface area contributed by atoms with E-state index < -0.39 is 0 Å². The Labute approximate surface area is 110 Å². The lowest BCUT2D eigenvalue weighted by molar-refractivity contribution is 0.367. The predicted octanol–water partition coefficient (Wildman–Crippen LogP) is 4.10.